The molecule has 2 rings (SSSR count). The highest BCUT2D eigenvalue weighted by atomic mass is 35.5. The number of rotatable bonds is 7. The Labute approximate surface area is 98.8 Å². The first-order valence-corrected chi connectivity index (χ1v) is 6.90. The minimum atomic E-state index is 0.574. The molecule has 0 saturated heterocycles. The van der Waals surface area contributed by atoms with Crippen LogP contribution in [-0.2, 0) is 0 Å². The van der Waals surface area contributed by atoms with E-state index in [1.54, 1.807) is 11.8 Å². The molecule has 0 unspecified atom stereocenters. The number of aromatic nitrogens is 4. The van der Waals surface area contributed by atoms with Gasteiger partial charge in [0.05, 0.1) is 6.04 Å². The number of hydrogen-bond acceptors (Lipinski definition) is 4. The Morgan fingerprint density at radius 2 is 2.20 bits per heavy atom. The summed E-state index contributed by atoms with van der Waals surface area (Å²) in [4.78, 5) is 0. The molecule has 84 valence electrons. The van der Waals surface area contributed by atoms with Crippen LogP contribution < -0.4 is 0 Å². The van der Waals surface area contributed by atoms with Crippen molar-refractivity contribution in [2.75, 3.05) is 11.6 Å². The van der Waals surface area contributed by atoms with E-state index in [-0.39, 0.29) is 0 Å². The molecule has 0 aromatic carbocycles. The van der Waals surface area contributed by atoms with E-state index in [4.69, 9.17) is 11.6 Å². The van der Waals surface area contributed by atoms with Crippen molar-refractivity contribution in [3.8, 4) is 0 Å². The maximum absolute atomic E-state index is 5.61. The number of thioether (sulfide) groups is 1. The molecule has 4 nitrogen and oxygen atoms in total. The molecule has 1 heterocycles. The Kier molecular flexibility index (Phi) is 4.26. The second-order valence-electron chi connectivity index (χ2n) is 3.74. The summed E-state index contributed by atoms with van der Waals surface area (Å²) < 4.78 is 1.96. The van der Waals surface area contributed by atoms with Crippen LogP contribution in [0.15, 0.2) is 5.16 Å². The normalized spacial score (nSPS) is 15.8. The molecule has 0 atom stereocenters. The van der Waals surface area contributed by atoms with Crippen LogP contribution in [0.2, 0.25) is 0 Å². The number of unbranched alkanes of at least 4 members (excludes halogenated alkanes) is 2. The monoisotopic (exact) mass is 246 g/mol. The number of alkyl halides is 1. The fourth-order valence-corrected chi connectivity index (χ4v) is 2.50. The quantitative estimate of drug-likeness (QED) is 0.421. The van der Waals surface area contributed by atoms with Crippen molar-refractivity contribution in [2.24, 2.45) is 0 Å². The lowest BCUT2D eigenvalue weighted by molar-refractivity contribution is 0.565. The summed E-state index contributed by atoms with van der Waals surface area (Å²) in [6.07, 6.45) is 5.95. The number of tetrazole rings is 1. The van der Waals surface area contributed by atoms with Gasteiger partial charge in [0, 0.05) is 11.6 Å². The van der Waals surface area contributed by atoms with Crippen molar-refractivity contribution in [3.63, 3.8) is 0 Å². The molecule has 1 fully saturated rings. The molecular formula is C9H15ClN4S. The summed E-state index contributed by atoms with van der Waals surface area (Å²) in [5.41, 5.74) is 0. The van der Waals surface area contributed by atoms with Crippen molar-refractivity contribution in [1.29, 1.82) is 0 Å². The van der Waals surface area contributed by atoms with E-state index in [1.807, 2.05) is 4.68 Å². The van der Waals surface area contributed by atoms with Gasteiger partial charge < -0.3 is 0 Å². The molecule has 0 radical (unpaired) electrons. The maximum atomic E-state index is 5.61. The van der Waals surface area contributed by atoms with E-state index in [0.717, 1.165) is 23.2 Å². The Balaban J connectivity index is 1.70. The van der Waals surface area contributed by atoms with Gasteiger partial charge in [-0.15, -0.1) is 16.7 Å². The summed E-state index contributed by atoms with van der Waals surface area (Å²) in [6, 6.07) is 0.574. The van der Waals surface area contributed by atoms with Crippen LogP contribution in [0.3, 0.4) is 0 Å². The van der Waals surface area contributed by atoms with Gasteiger partial charge in [-0.3, -0.25) is 0 Å². The lowest BCUT2D eigenvalue weighted by Gasteiger charge is -2.01. The van der Waals surface area contributed by atoms with Gasteiger partial charge in [-0.05, 0) is 36.1 Å². The van der Waals surface area contributed by atoms with E-state index >= 15 is 0 Å². The zero-order chi connectivity index (χ0) is 10.5. The molecule has 1 saturated carbocycles. The predicted octanol–water partition coefficient (Wildman–Crippen LogP) is 2.51. The highest BCUT2D eigenvalue weighted by molar-refractivity contribution is 7.99. The third-order valence-corrected chi connectivity index (χ3v) is 3.65. The zero-order valence-corrected chi connectivity index (χ0v) is 10.2. The minimum Gasteiger partial charge on any atom is -0.217 e. The summed E-state index contributed by atoms with van der Waals surface area (Å²) in [5.74, 6) is 1.86. The maximum Gasteiger partial charge on any atom is 0.209 e. The van der Waals surface area contributed by atoms with Crippen LogP contribution in [0.5, 0.6) is 0 Å². The van der Waals surface area contributed by atoms with E-state index in [2.05, 4.69) is 15.5 Å². The van der Waals surface area contributed by atoms with E-state index in [0.29, 0.717) is 6.04 Å². The van der Waals surface area contributed by atoms with E-state index in [9.17, 15) is 0 Å². The van der Waals surface area contributed by atoms with Gasteiger partial charge in [-0.1, -0.05) is 18.2 Å². The number of nitrogens with zero attached hydrogens (tertiary/aromatic N) is 4. The van der Waals surface area contributed by atoms with Crippen LogP contribution in [-0.4, -0.2) is 31.8 Å². The van der Waals surface area contributed by atoms with Crippen LogP contribution in [0, 0.1) is 0 Å². The van der Waals surface area contributed by atoms with Crippen molar-refractivity contribution >= 4 is 23.4 Å². The fraction of sp³-hybridized carbons (Fsp3) is 0.889. The molecule has 0 N–H and O–H groups in total. The molecule has 0 spiro atoms. The summed E-state index contributed by atoms with van der Waals surface area (Å²) >= 11 is 7.37. The molecule has 1 aliphatic carbocycles. The average Bonchev–Trinajstić information content (AvgIpc) is 2.99. The first-order valence-electron chi connectivity index (χ1n) is 5.38. The van der Waals surface area contributed by atoms with Gasteiger partial charge in [0.1, 0.15) is 0 Å². The number of hydrogen-bond donors (Lipinski definition) is 0. The van der Waals surface area contributed by atoms with Crippen molar-refractivity contribution in [1.82, 2.24) is 20.2 Å². The SMILES string of the molecule is ClCCCCCSc1nnnn1C1CC1. The van der Waals surface area contributed by atoms with Gasteiger partial charge in [0.25, 0.3) is 0 Å². The molecule has 0 aliphatic heterocycles. The highest BCUT2D eigenvalue weighted by Crippen LogP contribution is 2.36. The molecule has 1 aromatic heterocycles. The molecule has 0 bridgehead atoms. The summed E-state index contributed by atoms with van der Waals surface area (Å²) in [6.45, 7) is 0. The Bertz CT molecular complexity index is 300. The molecule has 0 amide bonds. The zero-order valence-electron chi connectivity index (χ0n) is 8.60. The smallest absolute Gasteiger partial charge is 0.209 e. The third kappa shape index (κ3) is 3.34. The number of halogens is 1. The minimum absolute atomic E-state index is 0.574. The third-order valence-electron chi connectivity index (χ3n) is 2.36. The Morgan fingerprint density at radius 1 is 1.33 bits per heavy atom. The van der Waals surface area contributed by atoms with Gasteiger partial charge in [-0.25, -0.2) is 4.68 Å². The van der Waals surface area contributed by atoms with Gasteiger partial charge >= 0.3 is 0 Å². The van der Waals surface area contributed by atoms with Crippen LogP contribution in [0.1, 0.15) is 38.1 Å². The fourth-order valence-electron chi connectivity index (χ4n) is 1.37. The molecule has 6 heteroatoms. The van der Waals surface area contributed by atoms with Crippen molar-refractivity contribution in [3.05, 3.63) is 0 Å². The lowest BCUT2D eigenvalue weighted by atomic mass is 10.3. The van der Waals surface area contributed by atoms with Crippen molar-refractivity contribution < 1.29 is 0 Å². The standard InChI is InChI=1S/C9H15ClN4S/c10-6-2-1-3-7-15-9-11-12-13-14(9)8-4-5-8/h8H,1-7H2. The van der Waals surface area contributed by atoms with E-state index in [1.165, 1.54) is 25.7 Å². The first kappa shape index (κ1) is 11.2. The Hall–Kier alpha value is -0.290. The van der Waals surface area contributed by atoms with Crippen LogP contribution >= 0.6 is 23.4 Å². The molecule has 1 aliphatic rings. The summed E-state index contributed by atoms with van der Waals surface area (Å²) in [5, 5.41) is 12.7. The lowest BCUT2D eigenvalue weighted by Crippen LogP contribution is -1.99. The van der Waals surface area contributed by atoms with E-state index < -0.39 is 0 Å². The van der Waals surface area contributed by atoms with Gasteiger partial charge in [0.2, 0.25) is 5.16 Å². The second-order valence-corrected chi connectivity index (χ2v) is 5.18. The largest absolute Gasteiger partial charge is 0.217 e. The first-order chi connectivity index (χ1) is 7.42. The average molecular weight is 247 g/mol. The second kappa shape index (κ2) is 5.70. The van der Waals surface area contributed by atoms with Gasteiger partial charge in [-0.2, -0.15) is 0 Å². The van der Waals surface area contributed by atoms with Gasteiger partial charge in [0.15, 0.2) is 0 Å². The highest BCUT2D eigenvalue weighted by Gasteiger charge is 2.27. The Morgan fingerprint density at radius 3 is 2.93 bits per heavy atom. The molecule has 1 aromatic rings. The molecular weight excluding hydrogens is 232 g/mol. The van der Waals surface area contributed by atoms with Crippen LogP contribution in [0.25, 0.3) is 0 Å². The molecule has 15 heavy (non-hydrogen) atoms. The topological polar surface area (TPSA) is 43.6 Å². The van der Waals surface area contributed by atoms with Crippen molar-refractivity contribution in [2.45, 2.75) is 43.3 Å². The predicted molar refractivity (Wildman–Crippen MR) is 61.4 cm³/mol. The van der Waals surface area contributed by atoms with Crippen LogP contribution in [0.4, 0.5) is 0 Å². The summed E-state index contributed by atoms with van der Waals surface area (Å²) in [7, 11) is 0.